The van der Waals surface area contributed by atoms with Gasteiger partial charge in [0.15, 0.2) is 0 Å². The van der Waals surface area contributed by atoms with Gasteiger partial charge in [-0.3, -0.25) is 9.59 Å². The van der Waals surface area contributed by atoms with Gasteiger partial charge in [-0.1, -0.05) is 6.07 Å². The Morgan fingerprint density at radius 1 is 1.21 bits per heavy atom. The molecule has 1 spiro atoms. The normalized spacial score (nSPS) is 31.9. The fourth-order valence-electron chi connectivity index (χ4n) is 6.37. The Morgan fingerprint density at radius 3 is 2.90 bits per heavy atom. The summed E-state index contributed by atoms with van der Waals surface area (Å²) >= 11 is 0. The number of hydrogen-bond donors (Lipinski definition) is 1. The third-order valence-electron chi connectivity index (χ3n) is 8.12. The zero-order valence-electron chi connectivity index (χ0n) is 16.7. The highest BCUT2D eigenvalue weighted by Gasteiger charge is 2.51. The van der Waals surface area contributed by atoms with E-state index in [1.54, 1.807) is 0 Å². The van der Waals surface area contributed by atoms with Crippen LogP contribution in [0.1, 0.15) is 62.4 Å². The van der Waals surface area contributed by atoms with Crippen molar-refractivity contribution in [2.75, 3.05) is 6.54 Å². The van der Waals surface area contributed by atoms with E-state index in [1.807, 2.05) is 9.80 Å². The predicted molar refractivity (Wildman–Crippen MR) is 109 cm³/mol. The van der Waals surface area contributed by atoms with E-state index in [0.29, 0.717) is 23.4 Å². The molecule has 2 amide bonds. The van der Waals surface area contributed by atoms with E-state index in [4.69, 9.17) is 4.98 Å². The van der Waals surface area contributed by atoms with E-state index in [-0.39, 0.29) is 6.04 Å². The first-order valence-corrected chi connectivity index (χ1v) is 11.1. The Balaban J connectivity index is 1.19. The van der Waals surface area contributed by atoms with Crippen LogP contribution in [0.5, 0.6) is 0 Å². The van der Waals surface area contributed by atoms with Crippen molar-refractivity contribution < 1.29 is 9.59 Å². The fourth-order valence-corrected chi connectivity index (χ4v) is 6.37. The summed E-state index contributed by atoms with van der Waals surface area (Å²) in [6.45, 7) is 0.959. The molecule has 0 unspecified atom stereocenters. The van der Waals surface area contributed by atoms with Crippen LogP contribution in [0.4, 0.5) is 0 Å². The van der Waals surface area contributed by atoms with E-state index in [9.17, 15) is 9.59 Å². The Kier molecular flexibility index (Phi) is 3.81. The Labute approximate surface area is 170 Å². The van der Waals surface area contributed by atoms with Gasteiger partial charge < -0.3 is 14.8 Å². The lowest BCUT2D eigenvalue weighted by Crippen LogP contribution is -2.34. The number of carbonyl (C=O) groups is 2. The number of nitrogens with zero attached hydrogens (tertiary/aromatic N) is 3. The number of imidazole rings is 1. The molecule has 1 aromatic heterocycles. The summed E-state index contributed by atoms with van der Waals surface area (Å²) in [5, 5.41) is 0. The second kappa shape index (κ2) is 6.31. The molecule has 2 aliphatic heterocycles. The monoisotopic (exact) mass is 392 g/mol. The molecule has 6 rings (SSSR count). The molecule has 4 fully saturated rings. The summed E-state index contributed by atoms with van der Waals surface area (Å²) in [5.74, 6) is 1.48. The third kappa shape index (κ3) is 2.79. The van der Waals surface area contributed by atoms with E-state index in [1.165, 1.54) is 31.2 Å². The van der Waals surface area contributed by atoms with Gasteiger partial charge in [0, 0.05) is 18.6 Å². The predicted octanol–water partition coefficient (Wildman–Crippen LogP) is 3.19. The van der Waals surface area contributed by atoms with Gasteiger partial charge in [-0.2, -0.15) is 0 Å². The van der Waals surface area contributed by atoms with Crippen molar-refractivity contribution in [3.8, 4) is 0 Å². The van der Waals surface area contributed by atoms with Crippen molar-refractivity contribution in [3.05, 3.63) is 29.6 Å². The molecule has 3 heterocycles. The molecule has 1 N–H and O–H groups in total. The van der Waals surface area contributed by atoms with Crippen molar-refractivity contribution in [3.63, 3.8) is 0 Å². The zero-order valence-corrected chi connectivity index (χ0v) is 16.7. The van der Waals surface area contributed by atoms with E-state index >= 15 is 0 Å². The maximum absolute atomic E-state index is 11.6. The highest BCUT2D eigenvalue weighted by atomic mass is 16.1. The number of nitrogens with one attached hydrogen (secondary N) is 1. The summed E-state index contributed by atoms with van der Waals surface area (Å²) in [5.41, 5.74) is 3.78. The number of benzene rings is 1. The highest BCUT2D eigenvalue weighted by molar-refractivity contribution is 5.76. The van der Waals surface area contributed by atoms with E-state index in [0.717, 1.165) is 61.9 Å². The number of fused-ring (bicyclic) bond motifs is 3. The van der Waals surface area contributed by atoms with Gasteiger partial charge in [-0.15, -0.1) is 0 Å². The summed E-state index contributed by atoms with van der Waals surface area (Å²) in [6.07, 6.45) is 11.3. The standard InChI is InChI=1S/C23H28N4O2/c28-13-26-12-23(7-8-23)11-18(26)4-1-15-2-6-19-20(9-15)25-22(24-19)21-16-3-5-17(10-16)27(21)14-29/h2,6,9,13-14,16-18,21H,1,3-5,7-8,10-12H2,(H,24,25)/t16-,17-,18-,21+/m1/s1. The Bertz CT molecular complexity index is 965. The van der Waals surface area contributed by atoms with Gasteiger partial charge >= 0.3 is 0 Å². The molecule has 6 nitrogen and oxygen atoms in total. The summed E-state index contributed by atoms with van der Waals surface area (Å²) < 4.78 is 0. The number of rotatable bonds is 6. The second-order valence-electron chi connectivity index (χ2n) is 9.87. The lowest BCUT2D eigenvalue weighted by atomic mass is 9.98. The van der Waals surface area contributed by atoms with Gasteiger partial charge in [0.25, 0.3) is 0 Å². The smallest absolute Gasteiger partial charge is 0.210 e. The number of H-pyrrole nitrogens is 1. The molecular weight excluding hydrogens is 364 g/mol. The second-order valence-corrected chi connectivity index (χ2v) is 9.87. The number of likely N-dealkylation sites (tertiary alicyclic amines) is 2. The minimum atomic E-state index is 0.108. The molecule has 152 valence electrons. The molecule has 2 bridgehead atoms. The number of aromatic nitrogens is 2. The lowest BCUT2D eigenvalue weighted by molar-refractivity contribution is -0.122. The molecule has 2 aromatic rings. The number of amides is 2. The molecule has 0 radical (unpaired) electrons. The Morgan fingerprint density at radius 2 is 2.10 bits per heavy atom. The van der Waals surface area contributed by atoms with Gasteiger partial charge in [-0.05, 0) is 80.4 Å². The molecular formula is C23H28N4O2. The molecule has 2 saturated carbocycles. The van der Waals surface area contributed by atoms with E-state index in [2.05, 4.69) is 23.2 Å². The maximum atomic E-state index is 11.6. The number of aryl methyl sites for hydroxylation is 1. The largest absolute Gasteiger partial charge is 0.342 e. The molecule has 4 atom stereocenters. The molecule has 29 heavy (non-hydrogen) atoms. The van der Waals surface area contributed by atoms with Crippen LogP contribution in [0.15, 0.2) is 18.2 Å². The SMILES string of the molecule is O=CN1CC2(CC2)C[C@H]1CCc1ccc2nc([C@@H]3[C@@H]4CC[C@H](C4)N3C=O)[nH]c2c1. The van der Waals surface area contributed by atoms with Crippen LogP contribution in [0.3, 0.4) is 0 Å². The molecule has 4 aliphatic rings. The van der Waals surface area contributed by atoms with Crippen molar-refractivity contribution in [1.29, 1.82) is 0 Å². The van der Waals surface area contributed by atoms with Crippen LogP contribution in [-0.2, 0) is 16.0 Å². The van der Waals surface area contributed by atoms with Crippen molar-refractivity contribution in [2.45, 2.75) is 69.5 Å². The first-order chi connectivity index (χ1) is 14.2. The number of aromatic amines is 1. The van der Waals surface area contributed by atoms with Crippen molar-refractivity contribution >= 4 is 23.9 Å². The van der Waals surface area contributed by atoms with E-state index < -0.39 is 0 Å². The minimum absolute atomic E-state index is 0.108. The van der Waals surface area contributed by atoms with Gasteiger partial charge in [0.05, 0.1) is 17.1 Å². The van der Waals surface area contributed by atoms with Crippen molar-refractivity contribution in [1.82, 2.24) is 19.8 Å². The van der Waals surface area contributed by atoms with Crippen LogP contribution in [0.2, 0.25) is 0 Å². The molecule has 2 aliphatic carbocycles. The summed E-state index contributed by atoms with van der Waals surface area (Å²) in [7, 11) is 0. The number of piperidine rings is 1. The van der Waals surface area contributed by atoms with Crippen LogP contribution in [-0.4, -0.2) is 51.2 Å². The van der Waals surface area contributed by atoms with Crippen LogP contribution in [0, 0.1) is 11.3 Å². The van der Waals surface area contributed by atoms with Gasteiger partial charge in [-0.25, -0.2) is 4.98 Å². The average Bonchev–Trinajstić information content (AvgIpc) is 3.15. The average molecular weight is 393 g/mol. The molecule has 6 heteroatoms. The minimum Gasteiger partial charge on any atom is -0.342 e. The highest BCUT2D eigenvalue weighted by Crippen LogP contribution is 2.55. The maximum Gasteiger partial charge on any atom is 0.210 e. The van der Waals surface area contributed by atoms with Crippen molar-refractivity contribution in [2.24, 2.45) is 11.3 Å². The Hall–Kier alpha value is -2.37. The third-order valence-corrected chi connectivity index (χ3v) is 8.12. The van der Waals surface area contributed by atoms with Gasteiger partial charge in [0.1, 0.15) is 5.82 Å². The van der Waals surface area contributed by atoms with Crippen LogP contribution < -0.4 is 0 Å². The van der Waals surface area contributed by atoms with Crippen LogP contribution in [0.25, 0.3) is 11.0 Å². The summed E-state index contributed by atoms with van der Waals surface area (Å²) in [4.78, 5) is 35.4. The molecule has 2 saturated heterocycles. The molecule has 1 aromatic carbocycles. The zero-order chi connectivity index (χ0) is 19.6. The topological polar surface area (TPSA) is 69.3 Å². The number of carbonyl (C=O) groups excluding carboxylic acids is 2. The van der Waals surface area contributed by atoms with Gasteiger partial charge in [0.2, 0.25) is 12.8 Å². The quantitative estimate of drug-likeness (QED) is 0.768. The lowest BCUT2D eigenvalue weighted by Gasteiger charge is -2.30. The van der Waals surface area contributed by atoms with Crippen LogP contribution >= 0.6 is 0 Å². The first-order valence-electron chi connectivity index (χ1n) is 11.1. The fraction of sp³-hybridized carbons (Fsp3) is 0.609. The number of hydrogen-bond acceptors (Lipinski definition) is 3. The summed E-state index contributed by atoms with van der Waals surface area (Å²) in [6, 6.07) is 7.36. The first kappa shape index (κ1) is 17.5.